The van der Waals surface area contributed by atoms with Crippen molar-refractivity contribution in [2.24, 2.45) is 0 Å². The van der Waals surface area contributed by atoms with E-state index in [9.17, 15) is 12.8 Å². The molecule has 4 rings (SSSR count). The van der Waals surface area contributed by atoms with Crippen molar-refractivity contribution in [3.63, 3.8) is 0 Å². The fraction of sp³-hybridized carbons (Fsp3) is 0. The number of benzene rings is 3. The average molecular weight is 395 g/mol. The van der Waals surface area contributed by atoms with Gasteiger partial charge in [-0.05, 0) is 35.0 Å². The first-order valence-electron chi connectivity index (χ1n) is 8.27. The molecule has 0 unspecified atom stereocenters. The third kappa shape index (κ3) is 3.77. The molecule has 1 aromatic heterocycles. The lowest BCUT2D eigenvalue weighted by atomic mass is 10.1. The van der Waals surface area contributed by atoms with Crippen molar-refractivity contribution in [3.8, 4) is 11.8 Å². The van der Waals surface area contributed by atoms with Gasteiger partial charge in [-0.25, -0.2) is 22.8 Å². The molecule has 0 atom stereocenters. The zero-order valence-corrected chi connectivity index (χ0v) is 15.2. The lowest BCUT2D eigenvalue weighted by molar-refractivity contribution is 0.411. The zero-order chi connectivity index (χ0) is 19.6. The zero-order valence-electron chi connectivity index (χ0n) is 14.4. The van der Waals surface area contributed by atoms with E-state index in [1.807, 2.05) is 24.3 Å². The van der Waals surface area contributed by atoms with Gasteiger partial charge >= 0.3 is 6.01 Å². The number of fused-ring (bicyclic) bond motifs is 1. The molecule has 3 aromatic carbocycles. The Morgan fingerprint density at radius 3 is 2.29 bits per heavy atom. The molecule has 6 nitrogen and oxygen atoms in total. The summed E-state index contributed by atoms with van der Waals surface area (Å²) < 4.78 is 46.5. The predicted molar refractivity (Wildman–Crippen MR) is 103 cm³/mol. The molecule has 1 heterocycles. The van der Waals surface area contributed by atoms with Crippen LogP contribution < -0.4 is 9.46 Å². The topological polar surface area (TPSA) is 81.2 Å². The van der Waals surface area contributed by atoms with E-state index in [2.05, 4.69) is 14.7 Å². The fourth-order valence-corrected chi connectivity index (χ4v) is 3.66. The molecule has 0 fully saturated rings. The van der Waals surface area contributed by atoms with Crippen LogP contribution in [0.25, 0.3) is 10.8 Å². The van der Waals surface area contributed by atoms with Gasteiger partial charge in [-0.1, -0.05) is 42.5 Å². The summed E-state index contributed by atoms with van der Waals surface area (Å²) in [4.78, 5) is 7.95. The Morgan fingerprint density at radius 2 is 1.54 bits per heavy atom. The van der Waals surface area contributed by atoms with Crippen LogP contribution in [0.5, 0.6) is 11.8 Å². The Labute approximate surface area is 160 Å². The Balaban J connectivity index is 1.53. The van der Waals surface area contributed by atoms with E-state index in [1.165, 1.54) is 36.7 Å². The van der Waals surface area contributed by atoms with E-state index in [-0.39, 0.29) is 22.3 Å². The van der Waals surface area contributed by atoms with E-state index in [0.29, 0.717) is 0 Å². The monoisotopic (exact) mass is 395 g/mol. The minimum atomic E-state index is -3.81. The van der Waals surface area contributed by atoms with Gasteiger partial charge in [0.2, 0.25) is 0 Å². The van der Waals surface area contributed by atoms with Crippen LogP contribution in [0.3, 0.4) is 0 Å². The normalized spacial score (nSPS) is 11.3. The Kier molecular flexibility index (Phi) is 4.62. The molecular weight excluding hydrogens is 381 g/mol. The van der Waals surface area contributed by atoms with Gasteiger partial charge in [-0.3, -0.25) is 4.72 Å². The summed E-state index contributed by atoms with van der Waals surface area (Å²) in [7, 11) is -3.81. The smallest absolute Gasteiger partial charge is 0.322 e. The number of nitrogens with one attached hydrogen (secondary N) is 1. The van der Waals surface area contributed by atoms with Gasteiger partial charge in [0.05, 0.1) is 23.0 Å². The first-order valence-corrected chi connectivity index (χ1v) is 9.76. The number of hydrogen-bond acceptors (Lipinski definition) is 5. The summed E-state index contributed by atoms with van der Waals surface area (Å²) in [6.45, 7) is 0. The van der Waals surface area contributed by atoms with Crippen LogP contribution in [0, 0.1) is 5.82 Å². The maximum absolute atomic E-state index is 13.6. The van der Waals surface area contributed by atoms with Crippen molar-refractivity contribution in [1.29, 1.82) is 0 Å². The quantitative estimate of drug-likeness (QED) is 0.543. The van der Waals surface area contributed by atoms with Gasteiger partial charge in [0, 0.05) is 0 Å². The van der Waals surface area contributed by atoms with Gasteiger partial charge in [-0.15, -0.1) is 0 Å². The number of rotatable bonds is 5. The van der Waals surface area contributed by atoms with Crippen molar-refractivity contribution < 1.29 is 17.5 Å². The average Bonchev–Trinajstić information content (AvgIpc) is 2.70. The Bertz CT molecular complexity index is 1250. The molecule has 0 spiro atoms. The fourth-order valence-electron chi connectivity index (χ4n) is 2.60. The van der Waals surface area contributed by atoms with Crippen LogP contribution in [-0.4, -0.2) is 18.4 Å². The molecule has 0 saturated carbocycles. The lowest BCUT2D eigenvalue weighted by Gasteiger charge is -2.09. The molecule has 1 N–H and O–H groups in total. The summed E-state index contributed by atoms with van der Waals surface area (Å²) in [5.41, 5.74) is 0.161. The molecule has 0 bridgehead atoms. The van der Waals surface area contributed by atoms with Crippen LogP contribution in [0.15, 0.2) is 84.0 Å². The highest BCUT2D eigenvalue weighted by Crippen LogP contribution is 2.23. The summed E-state index contributed by atoms with van der Waals surface area (Å²) in [5, 5.41) is 1.76. The van der Waals surface area contributed by atoms with Crippen molar-refractivity contribution >= 4 is 26.5 Å². The van der Waals surface area contributed by atoms with Crippen molar-refractivity contribution in [3.05, 3.63) is 84.9 Å². The van der Waals surface area contributed by atoms with Crippen LogP contribution in [-0.2, 0) is 10.0 Å². The summed E-state index contributed by atoms with van der Waals surface area (Å²) in [6.07, 6.45) is 2.50. The maximum Gasteiger partial charge on any atom is 0.322 e. The molecule has 0 radical (unpaired) electrons. The second kappa shape index (κ2) is 7.24. The lowest BCUT2D eigenvalue weighted by Crippen LogP contribution is -2.13. The Morgan fingerprint density at radius 1 is 0.857 bits per heavy atom. The van der Waals surface area contributed by atoms with Crippen molar-refractivity contribution in [2.45, 2.75) is 4.90 Å². The number of nitrogens with zero attached hydrogens (tertiary/aromatic N) is 2. The van der Waals surface area contributed by atoms with Gasteiger partial charge < -0.3 is 4.74 Å². The SMILES string of the molecule is O=S(=O)(Nc1cnc(Oc2ccccc2F)nc1)c1ccc2ccccc2c1. The number of sulfonamides is 1. The number of hydrogen-bond donors (Lipinski definition) is 1. The first-order chi connectivity index (χ1) is 13.5. The maximum atomic E-state index is 13.6. The highest BCUT2D eigenvalue weighted by Gasteiger charge is 2.15. The second-order valence-corrected chi connectivity index (χ2v) is 7.58. The van der Waals surface area contributed by atoms with E-state index >= 15 is 0 Å². The first kappa shape index (κ1) is 17.9. The molecule has 4 aromatic rings. The molecule has 28 heavy (non-hydrogen) atoms. The van der Waals surface area contributed by atoms with Gasteiger partial charge in [-0.2, -0.15) is 0 Å². The molecule has 0 aliphatic rings. The largest absolute Gasteiger partial charge is 0.421 e. The molecule has 0 aliphatic heterocycles. The number of ether oxygens (including phenoxy) is 1. The van der Waals surface area contributed by atoms with Gasteiger partial charge in [0.25, 0.3) is 10.0 Å². The van der Waals surface area contributed by atoms with Gasteiger partial charge in [0.1, 0.15) is 0 Å². The van der Waals surface area contributed by atoms with Gasteiger partial charge in [0.15, 0.2) is 11.6 Å². The minimum absolute atomic E-state index is 0.0213. The summed E-state index contributed by atoms with van der Waals surface area (Å²) >= 11 is 0. The van der Waals surface area contributed by atoms with Crippen LogP contribution in [0.2, 0.25) is 0 Å². The van der Waals surface area contributed by atoms with Crippen LogP contribution in [0.4, 0.5) is 10.1 Å². The van der Waals surface area contributed by atoms with E-state index in [1.54, 1.807) is 18.2 Å². The highest BCUT2D eigenvalue weighted by atomic mass is 32.2. The number of para-hydroxylation sites is 1. The second-order valence-electron chi connectivity index (χ2n) is 5.90. The number of anilines is 1. The molecule has 0 aliphatic carbocycles. The van der Waals surface area contributed by atoms with Crippen LogP contribution in [0.1, 0.15) is 0 Å². The Hall–Kier alpha value is -3.52. The highest BCUT2D eigenvalue weighted by molar-refractivity contribution is 7.92. The summed E-state index contributed by atoms with van der Waals surface area (Å²) in [6, 6.07) is 18.1. The molecule has 140 valence electrons. The molecule has 8 heteroatoms. The van der Waals surface area contributed by atoms with E-state index in [4.69, 9.17) is 4.74 Å². The van der Waals surface area contributed by atoms with Crippen LogP contribution >= 0.6 is 0 Å². The number of aromatic nitrogens is 2. The molecular formula is C20H14FN3O3S. The van der Waals surface area contributed by atoms with E-state index in [0.717, 1.165) is 10.8 Å². The van der Waals surface area contributed by atoms with Crippen molar-refractivity contribution in [2.75, 3.05) is 4.72 Å². The van der Waals surface area contributed by atoms with Crippen molar-refractivity contribution in [1.82, 2.24) is 9.97 Å². The predicted octanol–water partition coefficient (Wildman–Crippen LogP) is 4.36. The minimum Gasteiger partial charge on any atom is -0.421 e. The number of halogens is 1. The third-order valence-electron chi connectivity index (χ3n) is 3.95. The van der Waals surface area contributed by atoms with E-state index < -0.39 is 15.8 Å². The standard InChI is InChI=1S/C20H14FN3O3S/c21-18-7-3-4-8-19(18)27-20-22-12-16(13-23-20)24-28(25,26)17-10-9-14-5-1-2-6-15(14)11-17/h1-13,24H. The molecule has 0 amide bonds. The summed E-state index contributed by atoms with van der Waals surface area (Å²) in [5.74, 6) is -0.570. The molecule has 0 saturated heterocycles. The third-order valence-corrected chi connectivity index (χ3v) is 5.33.